The lowest BCUT2D eigenvalue weighted by Gasteiger charge is -2.18. The number of hydrogen-bond acceptors (Lipinski definition) is 6. The monoisotopic (exact) mass is 630 g/mol. The Balaban J connectivity index is 4.02. The Morgan fingerprint density at radius 2 is 1.07 bits per heavy atom. The molecule has 1 atom stereocenters. The second-order valence-electron chi connectivity index (χ2n) is 11.5. The third kappa shape index (κ3) is 33.3. The summed E-state index contributed by atoms with van der Waals surface area (Å²) in [6, 6.07) is 0. The summed E-state index contributed by atoms with van der Waals surface area (Å²) in [7, 11) is -4.74. The Morgan fingerprint density at radius 3 is 1.60 bits per heavy atom. The third-order valence-corrected chi connectivity index (χ3v) is 7.71. The Labute approximate surface area is 262 Å². The molecule has 0 saturated heterocycles. The van der Waals surface area contributed by atoms with Gasteiger partial charge in [0, 0.05) is 12.8 Å². The number of phosphoric ester groups is 1. The minimum absolute atomic E-state index is 0.212. The maximum absolute atomic E-state index is 12.3. The van der Waals surface area contributed by atoms with Crippen LogP contribution >= 0.6 is 7.82 Å². The molecule has 0 amide bonds. The first kappa shape index (κ1) is 41.5. The molecule has 0 aliphatic rings. The Bertz CT molecular complexity index is 761. The van der Waals surface area contributed by atoms with Crippen molar-refractivity contribution in [3.63, 3.8) is 0 Å². The molecule has 252 valence electrons. The number of unbranched alkanes of at least 4 members (excludes halogenated alkanes) is 17. The Hall–Kier alpha value is -1.47. The molecule has 0 spiro atoms. The molecule has 0 aliphatic heterocycles. The lowest BCUT2D eigenvalue weighted by Crippen LogP contribution is -2.29. The summed E-state index contributed by atoms with van der Waals surface area (Å²) in [5.74, 6) is -0.901. The third-order valence-electron chi connectivity index (χ3n) is 7.22. The average molecular weight is 631 g/mol. The average Bonchev–Trinajstić information content (AvgIpc) is 2.97. The molecular formula is C34H63O8P. The van der Waals surface area contributed by atoms with Crippen molar-refractivity contribution in [3.05, 3.63) is 24.3 Å². The summed E-state index contributed by atoms with van der Waals surface area (Å²) >= 11 is 0. The van der Waals surface area contributed by atoms with E-state index >= 15 is 0 Å². The SMILES string of the molecule is CCCC/C=C\C/C=C\CCCCCCCC(=O)OC[C@H](COP(=O)(O)O)OC(=O)CCCCCCCCCCCCC. The molecule has 0 bridgehead atoms. The van der Waals surface area contributed by atoms with E-state index in [0.717, 1.165) is 64.2 Å². The number of rotatable bonds is 31. The van der Waals surface area contributed by atoms with Crippen LogP contribution in [-0.4, -0.2) is 41.0 Å². The molecule has 0 aromatic carbocycles. The van der Waals surface area contributed by atoms with Crippen molar-refractivity contribution in [2.45, 2.75) is 168 Å². The van der Waals surface area contributed by atoms with Crippen molar-refractivity contribution in [2.75, 3.05) is 13.2 Å². The molecule has 0 unspecified atom stereocenters. The fourth-order valence-electron chi connectivity index (χ4n) is 4.62. The molecular weight excluding hydrogens is 567 g/mol. The van der Waals surface area contributed by atoms with Gasteiger partial charge in [0.2, 0.25) is 0 Å². The first-order valence-corrected chi connectivity index (χ1v) is 18.7. The van der Waals surface area contributed by atoms with Crippen molar-refractivity contribution in [1.82, 2.24) is 0 Å². The van der Waals surface area contributed by atoms with Gasteiger partial charge in [0.25, 0.3) is 0 Å². The zero-order valence-electron chi connectivity index (χ0n) is 27.4. The number of carbonyl (C=O) groups is 2. The van der Waals surface area contributed by atoms with Gasteiger partial charge in [-0.05, 0) is 38.5 Å². The van der Waals surface area contributed by atoms with Gasteiger partial charge in [-0.3, -0.25) is 14.1 Å². The van der Waals surface area contributed by atoms with Crippen LogP contribution in [0.5, 0.6) is 0 Å². The van der Waals surface area contributed by atoms with Crippen LogP contribution in [0.3, 0.4) is 0 Å². The first-order chi connectivity index (χ1) is 20.8. The minimum atomic E-state index is -4.74. The topological polar surface area (TPSA) is 119 Å². The normalized spacial score (nSPS) is 12.7. The van der Waals surface area contributed by atoms with Crippen LogP contribution in [-0.2, 0) is 28.2 Å². The summed E-state index contributed by atoms with van der Waals surface area (Å²) in [6.45, 7) is 3.60. The van der Waals surface area contributed by atoms with E-state index in [-0.39, 0.29) is 19.4 Å². The molecule has 0 heterocycles. The molecule has 0 fully saturated rings. The predicted molar refractivity (Wildman–Crippen MR) is 175 cm³/mol. The number of esters is 2. The van der Waals surface area contributed by atoms with Crippen LogP contribution in [0, 0.1) is 0 Å². The summed E-state index contributed by atoms with van der Waals surface area (Å²) in [6.07, 6.45) is 31.8. The van der Waals surface area contributed by atoms with Gasteiger partial charge in [-0.1, -0.05) is 134 Å². The van der Waals surface area contributed by atoms with Gasteiger partial charge >= 0.3 is 19.8 Å². The highest BCUT2D eigenvalue weighted by molar-refractivity contribution is 7.46. The van der Waals surface area contributed by atoms with Crippen LogP contribution in [0.15, 0.2) is 24.3 Å². The fourth-order valence-corrected chi connectivity index (χ4v) is 4.98. The molecule has 0 rings (SSSR count). The largest absolute Gasteiger partial charge is 0.469 e. The summed E-state index contributed by atoms with van der Waals surface area (Å²) < 4.78 is 26.2. The van der Waals surface area contributed by atoms with Gasteiger partial charge in [0.05, 0.1) is 6.61 Å². The Kier molecular flexibility index (Phi) is 29.5. The highest BCUT2D eigenvalue weighted by Crippen LogP contribution is 2.35. The molecule has 0 radical (unpaired) electrons. The highest BCUT2D eigenvalue weighted by Gasteiger charge is 2.22. The molecule has 9 heteroatoms. The van der Waals surface area contributed by atoms with E-state index in [9.17, 15) is 14.2 Å². The van der Waals surface area contributed by atoms with E-state index in [4.69, 9.17) is 19.3 Å². The molecule has 2 N–H and O–H groups in total. The summed E-state index contributed by atoms with van der Waals surface area (Å²) in [5.41, 5.74) is 0. The fraction of sp³-hybridized carbons (Fsp3) is 0.824. The smallest absolute Gasteiger partial charge is 0.462 e. The van der Waals surface area contributed by atoms with Crippen LogP contribution < -0.4 is 0 Å². The van der Waals surface area contributed by atoms with Crippen molar-refractivity contribution in [2.24, 2.45) is 0 Å². The predicted octanol–water partition coefficient (Wildman–Crippen LogP) is 9.68. The van der Waals surface area contributed by atoms with Crippen LogP contribution in [0.1, 0.15) is 162 Å². The maximum Gasteiger partial charge on any atom is 0.469 e. The lowest BCUT2D eigenvalue weighted by atomic mass is 10.1. The van der Waals surface area contributed by atoms with Crippen LogP contribution in [0.25, 0.3) is 0 Å². The van der Waals surface area contributed by atoms with E-state index < -0.39 is 32.5 Å². The number of ether oxygens (including phenoxy) is 2. The summed E-state index contributed by atoms with van der Waals surface area (Å²) in [4.78, 5) is 42.5. The standard InChI is InChI=1S/C34H63O8P/c1-3-5-7-9-11-13-15-16-17-19-20-22-24-26-28-33(35)40-30-32(31-41-43(37,38)39)42-34(36)29-27-25-23-21-18-14-12-10-8-6-4-2/h9,11,15-16,32H,3-8,10,12-14,17-31H2,1-2H3,(H2,37,38,39)/b11-9-,16-15-/t32-/m1/s1. The van der Waals surface area contributed by atoms with Gasteiger partial charge in [-0.25, -0.2) is 4.57 Å². The molecule has 0 aliphatic carbocycles. The molecule has 8 nitrogen and oxygen atoms in total. The highest BCUT2D eigenvalue weighted by atomic mass is 31.2. The van der Waals surface area contributed by atoms with Crippen molar-refractivity contribution in [1.29, 1.82) is 0 Å². The number of allylic oxidation sites excluding steroid dienone is 4. The summed E-state index contributed by atoms with van der Waals surface area (Å²) in [5, 5.41) is 0. The lowest BCUT2D eigenvalue weighted by molar-refractivity contribution is -0.161. The minimum Gasteiger partial charge on any atom is -0.462 e. The molecule has 43 heavy (non-hydrogen) atoms. The number of carbonyl (C=O) groups excluding carboxylic acids is 2. The van der Waals surface area contributed by atoms with Gasteiger partial charge in [0.1, 0.15) is 6.61 Å². The van der Waals surface area contributed by atoms with Crippen molar-refractivity contribution >= 4 is 19.8 Å². The van der Waals surface area contributed by atoms with Crippen LogP contribution in [0.2, 0.25) is 0 Å². The maximum atomic E-state index is 12.3. The zero-order chi connectivity index (χ0) is 31.9. The molecule has 0 aromatic heterocycles. The van der Waals surface area contributed by atoms with E-state index in [1.54, 1.807) is 0 Å². The van der Waals surface area contributed by atoms with Crippen molar-refractivity contribution < 1.29 is 37.9 Å². The van der Waals surface area contributed by atoms with E-state index in [0.29, 0.717) is 12.8 Å². The second kappa shape index (κ2) is 30.6. The number of phosphoric acid groups is 1. The molecule has 0 aromatic rings. The Morgan fingerprint density at radius 1 is 0.605 bits per heavy atom. The van der Waals surface area contributed by atoms with Gasteiger partial charge in [-0.2, -0.15) is 0 Å². The van der Waals surface area contributed by atoms with E-state index in [2.05, 4.69) is 42.7 Å². The van der Waals surface area contributed by atoms with Gasteiger partial charge in [0.15, 0.2) is 6.10 Å². The molecule has 0 saturated carbocycles. The number of hydrogen-bond donors (Lipinski definition) is 2. The van der Waals surface area contributed by atoms with Gasteiger partial charge < -0.3 is 19.3 Å². The zero-order valence-corrected chi connectivity index (χ0v) is 28.2. The van der Waals surface area contributed by atoms with Crippen molar-refractivity contribution in [3.8, 4) is 0 Å². The van der Waals surface area contributed by atoms with E-state index in [1.807, 2.05) is 0 Å². The quantitative estimate of drug-likeness (QED) is 0.0336. The van der Waals surface area contributed by atoms with Gasteiger partial charge in [-0.15, -0.1) is 0 Å². The van der Waals surface area contributed by atoms with E-state index in [1.165, 1.54) is 57.8 Å². The van der Waals surface area contributed by atoms with Crippen LogP contribution in [0.4, 0.5) is 0 Å². The second-order valence-corrected chi connectivity index (χ2v) is 12.7. The first-order valence-electron chi connectivity index (χ1n) is 17.1.